The van der Waals surface area contributed by atoms with Crippen molar-refractivity contribution in [3.05, 3.63) is 59.4 Å². The van der Waals surface area contributed by atoms with Gasteiger partial charge in [-0.25, -0.2) is 9.78 Å². The molecule has 1 amide bonds. The Bertz CT molecular complexity index is 962. The number of aryl methyl sites for hydroxylation is 2. The fraction of sp³-hybridized carbons (Fsp3) is 0.333. The Morgan fingerprint density at radius 3 is 2.73 bits per heavy atom. The molecule has 1 aliphatic heterocycles. The highest BCUT2D eigenvalue weighted by atomic mass is 16.5. The zero-order valence-corrected chi connectivity index (χ0v) is 15.4. The van der Waals surface area contributed by atoms with Crippen LogP contribution in [0.1, 0.15) is 30.3 Å². The molecule has 1 atom stereocenters. The third-order valence-electron chi connectivity index (χ3n) is 5.31. The minimum absolute atomic E-state index is 0.125. The molecule has 0 bridgehead atoms. The maximum absolute atomic E-state index is 12.3. The van der Waals surface area contributed by atoms with Gasteiger partial charge in [0.1, 0.15) is 5.82 Å². The summed E-state index contributed by atoms with van der Waals surface area (Å²) < 4.78 is 7.15. The van der Waals surface area contributed by atoms with E-state index in [1.807, 2.05) is 12.1 Å². The standard InChI is InChI=1S/C21H23N3O2/c1-14-9-10-16-17(24(14)21(25)26-3)11-12-18-20(16)22-19(23(18)2)13-15-7-5-4-6-8-15/h4-8,11-12,14H,9-10,13H2,1-3H3/t14-/m0/s1. The van der Waals surface area contributed by atoms with Crippen molar-refractivity contribution >= 4 is 22.8 Å². The number of hydrogen-bond acceptors (Lipinski definition) is 3. The normalized spacial score (nSPS) is 16.6. The van der Waals surface area contributed by atoms with Gasteiger partial charge in [0.25, 0.3) is 0 Å². The van der Waals surface area contributed by atoms with Gasteiger partial charge >= 0.3 is 6.09 Å². The second kappa shape index (κ2) is 6.48. The van der Waals surface area contributed by atoms with Crippen LogP contribution in [-0.2, 0) is 24.6 Å². The van der Waals surface area contributed by atoms with Gasteiger partial charge in [-0.2, -0.15) is 0 Å². The molecule has 134 valence electrons. The topological polar surface area (TPSA) is 47.4 Å². The van der Waals surface area contributed by atoms with Crippen LogP contribution in [-0.4, -0.2) is 28.8 Å². The van der Waals surface area contributed by atoms with Crippen molar-refractivity contribution in [2.75, 3.05) is 12.0 Å². The molecule has 26 heavy (non-hydrogen) atoms. The molecule has 4 rings (SSSR count). The Morgan fingerprint density at radius 1 is 1.23 bits per heavy atom. The fourth-order valence-electron chi connectivity index (χ4n) is 3.86. The Balaban J connectivity index is 1.81. The van der Waals surface area contributed by atoms with E-state index >= 15 is 0 Å². The SMILES string of the molecule is COC(=O)N1c2ccc3c(nc(Cc4ccccc4)n3C)c2CC[C@@H]1C. The number of fused-ring (bicyclic) bond motifs is 3. The van der Waals surface area contributed by atoms with E-state index in [2.05, 4.69) is 48.9 Å². The van der Waals surface area contributed by atoms with Crippen LogP contribution in [0.3, 0.4) is 0 Å². The van der Waals surface area contributed by atoms with Crippen LogP contribution >= 0.6 is 0 Å². The molecule has 2 aromatic carbocycles. The summed E-state index contributed by atoms with van der Waals surface area (Å²) in [6, 6.07) is 14.6. The van der Waals surface area contributed by atoms with Crippen LogP contribution in [0.4, 0.5) is 10.5 Å². The van der Waals surface area contributed by atoms with Gasteiger partial charge in [-0.1, -0.05) is 30.3 Å². The predicted molar refractivity (Wildman–Crippen MR) is 103 cm³/mol. The third-order valence-corrected chi connectivity index (χ3v) is 5.31. The summed E-state index contributed by atoms with van der Waals surface area (Å²) in [5, 5.41) is 0. The van der Waals surface area contributed by atoms with Gasteiger partial charge in [0.05, 0.1) is 23.8 Å². The number of benzene rings is 2. The molecule has 0 radical (unpaired) electrons. The first-order valence-electron chi connectivity index (χ1n) is 8.98. The largest absolute Gasteiger partial charge is 0.452 e. The van der Waals surface area contributed by atoms with E-state index in [0.717, 1.165) is 47.4 Å². The maximum Gasteiger partial charge on any atom is 0.414 e. The minimum atomic E-state index is -0.307. The first-order chi connectivity index (χ1) is 12.6. The summed E-state index contributed by atoms with van der Waals surface area (Å²) in [6.45, 7) is 2.06. The predicted octanol–water partition coefficient (Wildman–Crippen LogP) is 4.07. The van der Waals surface area contributed by atoms with Gasteiger partial charge < -0.3 is 9.30 Å². The highest BCUT2D eigenvalue weighted by molar-refractivity contribution is 5.95. The summed E-state index contributed by atoms with van der Waals surface area (Å²) in [5.41, 5.74) is 5.41. The van der Waals surface area contributed by atoms with E-state index in [0.29, 0.717) is 0 Å². The van der Waals surface area contributed by atoms with Crippen LogP contribution in [0.5, 0.6) is 0 Å². The molecular weight excluding hydrogens is 326 g/mol. The zero-order valence-electron chi connectivity index (χ0n) is 15.4. The van der Waals surface area contributed by atoms with Gasteiger partial charge in [-0.05, 0) is 37.5 Å². The monoisotopic (exact) mass is 349 g/mol. The molecule has 0 fully saturated rings. The molecule has 5 heteroatoms. The lowest BCUT2D eigenvalue weighted by Gasteiger charge is -2.34. The minimum Gasteiger partial charge on any atom is -0.452 e. The number of rotatable bonds is 2. The smallest absolute Gasteiger partial charge is 0.414 e. The van der Waals surface area contributed by atoms with Gasteiger partial charge in [-0.3, -0.25) is 4.90 Å². The van der Waals surface area contributed by atoms with E-state index in [4.69, 9.17) is 9.72 Å². The molecule has 3 aromatic rings. The molecule has 0 spiro atoms. The molecular formula is C21H23N3O2. The summed E-state index contributed by atoms with van der Waals surface area (Å²) >= 11 is 0. The number of imidazole rings is 1. The van der Waals surface area contributed by atoms with Crippen molar-refractivity contribution in [1.29, 1.82) is 0 Å². The van der Waals surface area contributed by atoms with E-state index in [9.17, 15) is 4.79 Å². The number of nitrogens with zero attached hydrogens (tertiary/aromatic N) is 3. The maximum atomic E-state index is 12.3. The first-order valence-corrected chi connectivity index (χ1v) is 8.98. The lowest BCUT2D eigenvalue weighted by molar-refractivity contribution is 0.175. The molecule has 1 aromatic heterocycles. The number of anilines is 1. The zero-order chi connectivity index (χ0) is 18.3. The summed E-state index contributed by atoms with van der Waals surface area (Å²) in [7, 11) is 3.49. The molecule has 0 saturated heterocycles. The first kappa shape index (κ1) is 16.6. The molecule has 0 saturated carbocycles. The van der Waals surface area contributed by atoms with Crippen molar-refractivity contribution in [3.8, 4) is 0 Å². The summed E-state index contributed by atoms with van der Waals surface area (Å²) in [4.78, 5) is 19.0. The fourth-order valence-corrected chi connectivity index (χ4v) is 3.86. The van der Waals surface area contributed by atoms with Crippen molar-refractivity contribution in [2.24, 2.45) is 7.05 Å². The van der Waals surface area contributed by atoms with Gasteiger partial charge in [0, 0.05) is 25.1 Å². The number of ether oxygens (including phenoxy) is 1. The quantitative estimate of drug-likeness (QED) is 0.701. The van der Waals surface area contributed by atoms with E-state index in [-0.39, 0.29) is 12.1 Å². The molecule has 0 N–H and O–H groups in total. The second-order valence-electron chi connectivity index (χ2n) is 6.91. The van der Waals surface area contributed by atoms with Gasteiger partial charge in [-0.15, -0.1) is 0 Å². The third kappa shape index (κ3) is 2.64. The molecule has 1 aliphatic rings. The number of methoxy groups -OCH3 is 1. The molecule has 5 nitrogen and oxygen atoms in total. The lowest BCUT2D eigenvalue weighted by Crippen LogP contribution is -2.42. The molecule has 0 aliphatic carbocycles. The summed E-state index contributed by atoms with van der Waals surface area (Å²) in [5.74, 6) is 1.03. The average molecular weight is 349 g/mol. The van der Waals surface area contributed by atoms with Gasteiger partial charge in [0.15, 0.2) is 0 Å². The molecule has 0 unspecified atom stereocenters. The Hall–Kier alpha value is -2.82. The highest BCUT2D eigenvalue weighted by Crippen LogP contribution is 2.36. The number of amides is 1. The van der Waals surface area contributed by atoms with Crippen molar-refractivity contribution in [1.82, 2.24) is 9.55 Å². The van der Waals surface area contributed by atoms with Crippen LogP contribution < -0.4 is 4.90 Å². The highest BCUT2D eigenvalue weighted by Gasteiger charge is 2.31. The molecule has 2 heterocycles. The number of aromatic nitrogens is 2. The Kier molecular flexibility index (Phi) is 4.15. The Morgan fingerprint density at radius 2 is 2.00 bits per heavy atom. The van der Waals surface area contributed by atoms with Crippen LogP contribution in [0, 0.1) is 0 Å². The number of carbonyl (C=O) groups excluding carboxylic acids is 1. The van der Waals surface area contributed by atoms with Crippen LogP contribution in [0.25, 0.3) is 11.0 Å². The van der Waals surface area contributed by atoms with Crippen molar-refractivity contribution in [2.45, 2.75) is 32.2 Å². The van der Waals surface area contributed by atoms with Gasteiger partial charge in [0.2, 0.25) is 0 Å². The second-order valence-corrected chi connectivity index (χ2v) is 6.91. The lowest BCUT2D eigenvalue weighted by atomic mass is 9.96. The van der Waals surface area contributed by atoms with Crippen LogP contribution in [0.15, 0.2) is 42.5 Å². The van der Waals surface area contributed by atoms with E-state index in [1.54, 1.807) is 4.90 Å². The van der Waals surface area contributed by atoms with Crippen molar-refractivity contribution in [3.63, 3.8) is 0 Å². The van der Waals surface area contributed by atoms with Crippen LogP contribution in [0.2, 0.25) is 0 Å². The summed E-state index contributed by atoms with van der Waals surface area (Å²) in [6.07, 6.45) is 2.31. The Labute approximate surface area is 153 Å². The number of hydrogen-bond donors (Lipinski definition) is 0. The number of carbonyl (C=O) groups is 1. The van der Waals surface area contributed by atoms with Crippen molar-refractivity contribution < 1.29 is 9.53 Å². The average Bonchev–Trinajstić information content (AvgIpc) is 2.97. The van der Waals surface area contributed by atoms with E-state index < -0.39 is 0 Å². The van der Waals surface area contributed by atoms with E-state index in [1.165, 1.54) is 12.7 Å².